The van der Waals surface area contributed by atoms with E-state index >= 15 is 0 Å². The molecule has 0 saturated heterocycles. The van der Waals surface area contributed by atoms with E-state index in [1.54, 1.807) is 12.1 Å². The zero-order valence-electron chi connectivity index (χ0n) is 13.7. The molecule has 1 heterocycles. The lowest BCUT2D eigenvalue weighted by atomic mass is 10.1. The van der Waals surface area contributed by atoms with Crippen LogP contribution in [-0.4, -0.2) is 30.3 Å². The highest BCUT2D eigenvalue weighted by Crippen LogP contribution is 2.40. The Morgan fingerprint density at radius 3 is 2.48 bits per heavy atom. The molecule has 3 nitrogen and oxygen atoms in total. The molecular formula is C16H21F5O3S. The topological polar surface area (TPSA) is 46.5 Å². The second-order valence-electron chi connectivity index (χ2n) is 5.70. The average molecular weight is 388 g/mol. The van der Waals surface area contributed by atoms with E-state index < -0.39 is 31.0 Å². The lowest BCUT2D eigenvalue weighted by molar-refractivity contribution is -0.284. The van der Waals surface area contributed by atoms with Gasteiger partial charge in [-0.2, -0.15) is 22.0 Å². The molecule has 0 fully saturated rings. The fourth-order valence-corrected chi connectivity index (χ4v) is 3.26. The van der Waals surface area contributed by atoms with Crippen LogP contribution in [0.25, 0.3) is 0 Å². The Morgan fingerprint density at radius 2 is 1.88 bits per heavy atom. The number of rotatable bonds is 10. The summed E-state index contributed by atoms with van der Waals surface area (Å²) in [5.74, 6) is -5.01. The molecule has 25 heavy (non-hydrogen) atoms. The van der Waals surface area contributed by atoms with E-state index in [-0.39, 0.29) is 12.4 Å². The maximum absolute atomic E-state index is 12.8. The molecule has 0 aliphatic carbocycles. The van der Waals surface area contributed by atoms with Crippen molar-refractivity contribution in [2.45, 2.75) is 63.1 Å². The van der Waals surface area contributed by atoms with Gasteiger partial charge < -0.3 is 9.84 Å². The number of methoxy groups -OCH3 is 1. The molecule has 0 aromatic carbocycles. The summed E-state index contributed by atoms with van der Waals surface area (Å²) in [5.41, 5.74) is 0. The zero-order valence-corrected chi connectivity index (χ0v) is 14.6. The quantitative estimate of drug-likeness (QED) is 0.347. The van der Waals surface area contributed by atoms with E-state index in [4.69, 9.17) is 0 Å². The number of hydrogen-bond acceptors (Lipinski definition) is 4. The van der Waals surface area contributed by atoms with Crippen LogP contribution in [0, 0.1) is 0 Å². The zero-order chi connectivity index (χ0) is 19.1. The van der Waals surface area contributed by atoms with Crippen molar-refractivity contribution in [2.75, 3.05) is 7.11 Å². The summed E-state index contributed by atoms with van der Waals surface area (Å²) in [7, 11) is 1.32. The molecule has 0 amide bonds. The second-order valence-corrected chi connectivity index (χ2v) is 6.90. The van der Waals surface area contributed by atoms with Crippen molar-refractivity contribution in [3.05, 3.63) is 21.9 Å². The Balaban J connectivity index is 2.36. The molecule has 1 aromatic heterocycles. The molecule has 1 atom stereocenters. The van der Waals surface area contributed by atoms with Crippen molar-refractivity contribution in [3.63, 3.8) is 0 Å². The molecule has 0 aliphatic rings. The molecule has 1 unspecified atom stereocenters. The predicted octanol–water partition coefficient (Wildman–Crippen LogP) is 5.04. The molecule has 0 saturated carbocycles. The van der Waals surface area contributed by atoms with Crippen molar-refractivity contribution < 1.29 is 36.6 Å². The second kappa shape index (κ2) is 9.47. The lowest BCUT2D eigenvalue weighted by Gasteiger charge is -2.19. The summed E-state index contributed by atoms with van der Waals surface area (Å²) in [6.07, 6.45) is -6.10. The fourth-order valence-electron chi connectivity index (χ4n) is 2.18. The van der Waals surface area contributed by atoms with E-state index in [9.17, 15) is 31.9 Å². The van der Waals surface area contributed by atoms with Gasteiger partial charge in [0.15, 0.2) is 0 Å². The van der Waals surface area contributed by atoms with Gasteiger partial charge in [0.2, 0.25) is 0 Å². The summed E-state index contributed by atoms with van der Waals surface area (Å²) in [5, 5.41) is 9.93. The molecule has 9 heteroatoms. The number of carbonyl (C=O) groups excluding carboxylic acids is 1. The van der Waals surface area contributed by atoms with E-state index in [1.807, 2.05) is 0 Å². The van der Waals surface area contributed by atoms with Crippen LogP contribution in [0.2, 0.25) is 0 Å². The van der Waals surface area contributed by atoms with Gasteiger partial charge >= 0.3 is 18.1 Å². The van der Waals surface area contributed by atoms with Crippen molar-refractivity contribution in [1.82, 2.24) is 0 Å². The number of aryl methyl sites for hydroxylation is 1. The van der Waals surface area contributed by atoms with Gasteiger partial charge in [-0.05, 0) is 44.2 Å². The number of alkyl halides is 5. The first kappa shape index (κ1) is 21.8. The molecule has 0 spiro atoms. The van der Waals surface area contributed by atoms with Crippen LogP contribution in [0.4, 0.5) is 22.0 Å². The molecule has 0 radical (unpaired) electrons. The van der Waals surface area contributed by atoms with Crippen LogP contribution >= 0.6 is 11.3 Å². The van der Waals surface area contributed by atoms with Gasteiger partial charge in [-0.3, -0.25) is 4.79 Å². The average Bonchev–Trinajstić information content (AvgIpc) is 2.98. The summed E-state index contributed by atoms with van der Waals surface area (Å²) >= 11 is 1.29. The van der Waals surface area contributed by atoms with Crippen LogP contribution in [-0.2, 0) is 16.0 Å². The highest BCUT2D eigenvalue weighted by atomic mass is 32.1. The minimum Gasteiger partial charge on any atom is -0.469 e. The maximum Gasteiger partial charge on any atom is 0.453 e. The smallest absolute Gasteiger partial charge is 0.453 e. The molecule has 1 aromatic rings. The van der Waals surface area contributed by atoms with E-state index in [1.165, 1.54) is 18.4 Å². The van der Waals surface area contributed by atoms with Crippen LogP contribution in [0.3, 0.4) is 0 Å². The minimum atomic E-state index is -5.56. The van der Waals surface area contributed by atoms with Crippen molar-refractivity contribution in [2.24, 2.45) is 0 Å². The molecule has 1 N–H and O–H groups in total. The fraction of sp³-hybridized carbons (Fsp3) is 0.688. The van der Waals surface area contributed by atoms with Gasteiger partial charge in [0.25, 0.3) is 0 Å². The summed E-state index contributed by atoms with van der Waals surface area (Å²) in [6.45, 7) is 0. The van der Waals surface area contributed by atoms with Crippen LogP contribution in [0.1, 0.15) is 54.4 Å². The Hall–Kier alpha value is -1.22. The standard InChI is InChI=1S/C16H21F5O3S/c1-24-14(23)7-3-2-5-11-8-9-13(25-11)12(22)6-4-10-15(17,18)16(19,20)21/h8-9,12,22H,2-7,10H2,1H3. The minimum absolute atomic E-state index is 0.159. The van der Waals surface area contributed by atoms with Crippen molar-refractivity contribution >= 4 is 17.3 Å². The Kier molecular flexibility index (Phi) is 8.27. The molecule has 0 bridgehead atoms. The molecule has 144 valence electrons. The molecular weight excluding hydrogens is 367 g/mol. The number of unbranched alkanes of at least 4 members (excludes halogenated alkanes) is 1. The highest BCUT2D eigenvalue weighted by Gasteiger charge is 2.56. The lowest BCUT2D eigenvalue weighted by Crippen LogP contribution is -2.36. The van der Waals surface area contributed by atoms with Crippen LogP contribution < -0.4 is 0 Å². The number of aliphatic hydroxyl groups is 1. The number of halogens is 5. The Morgan fingerprint density at radius 1 is 1.20 bits per heavy atom. The number of ether oxygens (including phenoxy) is 1. The Bertz CT molecular complexity index is 542. The predicted molar refractivity (Wildman–Crippen MR) is 83.7 cm³/mol. The van der Waals surface area contributed by atoms with Gasteiger partial charge in [0, 0.05) is 22.6 Å². The van der Waals surface area contributed by atoms with Gasteiger partial charge in [0.05, 0.1) is 13.2 Å². The van der Waals surface area contributed by atoms with Gasteiger partial charge in [0.1, 0.15) is 0 Å². The molecule has 0 aliphatic heterocycles. The maximum atomic E-state index is 12.8. The number of esters is 1. The van der Waals surface area contributed by atoms with Crippen LogP contribution in [0.15, 0.2) is 12.1 Å². The van der Waals surface area contributed by atoms with Crippen molar-refractivity contribution in [3.8, 4) is 0 Å². The van der Waals surface area contributed by atoms with E-state index in [2.05, 4.69) is 4.74 Å². The van der Waals surface area contributed by atoms with E-state index in [0.717, 1.165) is 11.3 Å². The number of hydrogen-bond donors (Lipinski definition) is 1. The van der Waals surface area contributed by atoms with Crippen LogP contribution in [0.5, 0.6) is 0 Å². The largest absolute Gasteiger partial charge is 0.469 e. The number of thiophene rings is 1. The van der Waals surface area contributed by atoms with Gasteiger partial charge in [-0.15, -0.1) is 11.3 Å². The van der Waals surface area contributed by atoms with Gasteiger partial charge in [-0.25, -0.2) is 0 Å². The highest BCUT2D eigenvalue weighted by molar-refractivity contribution is 7.12. The number of carbonyl (C=O) groups is 1. The third-order valence-electron chi connectivity index (χ3n) is 3.68. The third kappa shape index (κ3) is 7.27. The first-order chi connectivity index (χ1) is 11.6. The van der Waals surface area contributed by atoms with E-state index in [0.29, 0.717) is 24.1 Å². The number of aliphatic hydroxyl groups excluding tert-OH is 1. The third-order valence-corrected chi connectivity index (χ3v) is 4.92. The van der Waals surface area contributed by atoms with Crippen molar-refractivity contribution in [1.29, 1.82) is 0 Å². The molecule has 1 rings (SSSR count). The SMILES string of the molecule is COC(=O)CCCCc1ccc(C(O)CCCC(F)(F)C(F)(F)F)s1. The normalized spacial score (nSPS) is 13.7. The van der Waals surface area contributed by atoms with Gasteiger partial charge in [-0.1, -0.05) is 0 Å². The summed E-state index contributed by atoms with van der Waals surface area (Å²) in [4.78, 5) is 12.5. The first-order valence-corrected chi connectivity index (χ1v) is 8.66. The first-order valence-electron chi connectivity index (χ1n) is 7.85. The summed E-state index contributed by atoms with van der Waals surface area (Å²) < 4.78 is 66.3. The summed E-state index contributed by atoms with van der Waals surface area (Å²) in [6, 6.07) is 3.43. The monoisotopic (exact) mass is 388 g/mol. The Labute approximate surface area is 146 Å².